The highest BCUT2D eigenvalue weighted by Gasteiger charge is 2.29. The molecule has 94 valence electrons. The summed E-state index contributed by atoms with van der Waals surface area (Å²) in [7, 11) is 0. The highest BCUT2D eigenvalue weighted by atomic mass is 19.1. The van der Waals surface area contributed by atoms with Crippen LogP contribution in [0.4, 0.5) is 10.1 Å². The zero-order chi connectivity index (χ0) is 13.1. The molecule has 0 aliphatic rings. The molecule has 0 bridgehead atoms. The molecule has 1 N–H and O–H groups in total. The van der Waals surface area contributed by atoms with Crippen LogP contribution in [-0.4, -0.2) is 24.2 Å². The molecule has 0 heterocycles. The van der Waals surface area contributed by atoms with Crippen LogP contribution in [0, 0.1) is 11.2 Å². The Morgan fingerprint density at radius 1 is 1.35 bits per heavy atom. The number of hydrogen-bond acceptors (Lipinski definition) is 2. The Morgan fingerprint density at radius 3 is 2.29 bits per heavy atom. The summed E-state index contributed by atoms with van der Waals surface area (Å²) in [5.41, 5.74) is 0.00735. The fourth-order valence-corrected chi connectivity index (χ4v) is 1.58. The van der Waals surface area contributed by atoms with Gasteiger partial charge in [-0.2, -0.15) is 0 Å². The van der Waals surface area contributed by atoms with Gasteiger partial charge in [0.05, 0.1) is 5.41 Å². The molecule has 0 aliphatic heterocycles. The normalized spacial score (nSPS) is 11.3. The van der Waals surface area contributed by atoms with E-state index in [1.165, 1.54) is 12.1 Å². The first kappa shape index (κ1) is 13.5. The molecule has 0 unspecified atom stereocenters. The van der Waals surface area contributed by atoms with Gasteiger partial charge in [0, 0.05) is 18.8 Å². The number of aliphatic carboxylic acids is 1. The average molecular weight is 239 g/mol. The first-order chi connectivity index (χ1) is 7.86. The lowest BCUT2D eigenvalue weighted by molar-refractivity contribution is -0.146. The predicted molar refractivity (Wildman–Crippen MR) is 65.7 cm³/mol. The second kappa shape index (κ2) is 5.17. The molecule has 1 aromatic rings. The van der Waals surface area contributed by atoms with Gasteiger partial charge >= 0.3 is 5.97 Å². The lowest BCUT2D eigenvalue weighted by atomic mass is 9.93. The van der Waals surface area contributed by atoms with E-state index in [1.807, 2.05) is 11.8 Å². The van der Waals surface area contributed by atoms with Crippen LogP contribution in [0.1, 0.15) is 20.8 Å². The van der Waals surface area contributed by atoms with Crippen molar-refractivity contribution >= 4 is 11.7 Å². The molecule has 0 spiro atoms. The minimum atomic E-state index is -0.835. The molecule has 0 fully saturated rings. The number of benzene rings is 1. The SMILES string of the molecule is CCN(CC(C)(C)C(=O)O)c1ccc(F)cc1. The monoisotopic (exact) mass is 239 g/mol. The van der Waals surface area contributed by atoms with Crippen molar-refractivity contribution in [1.29, 1.82) is 0 Å². The molecule has 1 aromatic carbocycles. The lowest BCUT2D eigenvalue weighted by Gasteiger charge is -2.30. The smallest absolute Gasteiger partial charge is 0.310 e. The Kier molecular flexibility index (Phi) is 4.10. The first-order valence-electron chi connectivity index (χ1n) is 5.60. The number of carboxylic acid groups (broad SMARTS) is 1. The highest BCUT2D eigenvalue weighted by Crippen LogP contribution is 2.22. The van der Waals surface area contributed by atoms with Crippen molar-refractivity contribution < 1.29 is 14.3 Å². The van der Waals surface area contributed by atoms with Crippen LogP contribution >= 0.6 is 0 Å². The number of hydrogen-bond donors (Lipinski definition) is 1. The second-order valence-electron chi connectivity index (χ2n) is 4.68. The molecule has 17 heavy (non-hydrogen) atoms. The fourth-order valence-electron chi connectivity index (χ4n) is 1.58. The molecule has 0 saturated carbocycles. The summed E-state index contributed by atoms with van der Waals surface area (Å²) in [6.45, 7) is 6.39. The number of carbonyl (C=O) groups is 1. The van der Waals surface area contributed by atoms with Gasteiger partial charge < -0.3 is 10.0 Å². The van der Waals surface area contributed by atoms with Crippen molar-refractivity contribution in [3.8, 4) is 0 Å². The highest BCUT2D eigenvalue weighted by molar-refractivity contribution is 5.74. The molecular weight excluding hydrogens is 221 g/mol. The Hall–Kier alpha value is -1.58. The van der Waals surface area contributed by atoms with Gasteiger partial charge in [-0.25, -0.2) is 4.39 Å². The van der Waals surface area contributed by atoms with E-state index in [4.69, 9.17) is 5.11 Å². The number of rotatable bonds is 5. The number of anilines is 1. The topological polar surface area (TPSA) is 40.5 Å². The number of carboxylic acids is 1. The van der Waals surface area contributed by atoms with Crippen molar-refractivity contribution in [3.05, 3.63) is 30.1 Å². The summed E-state index contributed by atoms with van der Waals surface area (Å²) in [5.74, 6) is -1.12. The molecule has 0 amide bonds. The van der Waals surface area contributed by atoms with Crippen molar-refractivity contribution in [1.82, 2.24) is 0 Å². The predicted octanol–water partition coefficient (Wildman–Crippen LogP) is 2.76. The van der Waals surface area contributed by atoms with Crippen LogP contribution in [0.3, 0.4) is 0 Å². The van der Waals surface area contributed by atoms with Crippen molar-refractivity contribution in [3.63, 3.8) is 0 Å². The molecule has 1 rings (SSSR count). The summed E-state index contributed by atoms with van der Waals surface area (Å²) in [6.07, 6.45) is 0. The number of nitrogens with zero attached hydrogens (tertiary/aromatic N) is 1. The molecule has 0 saturated heterocycles. The van der Waals surface area contributed by atoms with Crippen LogP contribution in [0.25, 0.3) is 0 Å². The third-order valence-corrected chi connectivity index (χ3v) is 2.74. The lowest BCUT2D eigenvalue weighted by Crippen LogP contribution is -2.39. The Balaban J connectivity index is 2.86. The van der Waals surface area contributed by atoms with E-state index >= 15 is 0 Å². The van der Waals surface area contributed by atoms with E-state index in [-0.39, 0.29) is 5.82 Å². The van der Waals surface area contributed by atoms with Crippen LogP contribution in [0.15, 0.2) is 24.3 Å². The van der Waals surface area contributed by atoms with Gasteiger partial charge in [0.15, 0.2) is 0 Å². The largest absolute Gasteiger partial charge is 0.481 e. The fraction of sp³-hybridized carbons (Fsp3) is 0.462. The van der Waals surface area contributed by atoms with Gasteiger partial charge in [0.1, 0.15) is 5.82 Å². The molecule has 3 nitrogen and oxygen atoms in total. The summed E-state index contributed by atoms with van der Waals surface area (Å²) in [6, 6.07) is 6.09. The van der Waals surface area contributed by atoms with Gasteiger partial charge in [0.2, 0.25) is 0 Å². The van der Waals surface area contributed by atoms with Crippen molar-refractivity contribution in [2.24, 2.45) is 5.41 Å². The standard InChI is InChI=1S/C13H18FNO2/c1-4-15(9-13(2,3)12(16)17)11-7-5-10(14)6-8-11/h5-8H,4,9H2,1-3H3,(H,16,17). The Bertz CT molecular complexity index is 387. The maximum absolute atomic E-state index is 12.8. The summed E-state index contributed by atoms with van der Waals surface area (Å²) >= 11 is 0. The van der Waals surface area contributed by atoms with Crippen LogP contribution in [-0.2, 0) is 4.79 Å². The first-order valence-corrected chi connectivity index (χ1v) is 5.60. The van der Waals surface area contributed by atoms with Crippen molar-refractivity contribution in [2.45, 2.75) is 20.8 Å². The zero-order valence-electron chi connectivity index (χ0n) is 10.4. The summed E-state index contributed by atoms with van der Waals surface area (Å²) in [4.78, 5) is 13.0. The van der Waals surface area contributed by atoms with Crippen LogP contribution in [0.5, 0.6) is 0 Å². The Morgan fingerprint density at radius 2 is 1.88 bits per heavy atom. The number of halogens is 1. The zero-order valence-corrected chi connectivity index (χ0v) is 10.4. The van der Waals surface area contributed by atoms with Crippen LogP contribution in [0.2, 0.25) is 0 Å². The second-order valence-corrected chi connectivity index (χ2v) is 4.68. The molecule has 0 aromatic heterocycles. The van der Waals surface area contributed by atoms with Crippen molar-refractivity contribution in [2.75, 3.05) is 18.0 Å². The summed E-state index contributed by atoms with van der Waals surface area (Å²) in [5, 5.41) is 9.09. The van der Waals surface area contributed by atoms with Gasteiger partial charge in [0.25, 0.3) is 0 Å². The molecule has 4 heteroatoms. The molecular formula is C13H18FNO2. The van der Waals surface area contributed by atoms with Gasteiger partial charge in [-0.3, -0.25) is 4.79 Å². The van der Waals surface area contributed by atoms with Gasteiger partial charge in [-0.15, -0.1) is 0 Å². The quantitative estimate of drug-likeness (QED) is 0.859. The Labute approximate surface area is 101 Å². The molecule has 0 radical (unpaired) electrons. The average Bonchev–Trinajstić information content (AvgIpc) is 2.27. The third-order valence-electron chi connectivity index (χ3n) is 2.74. The van der Waals surface area contributed by atoms with E-state index in [0.29, 0.717) is 13.1 Å². The molecule has 0 atom stereocenters. The minimum Gasteiger partial charge on any atom is -0.481 e. The van der Waals surface area contributed by atoms with E-state index in [1.54, 1.807) is 26.0 Å². The van der Waals surface area contributed by atoms with E-state index < -0.39 is 11.4 Å². The maximum atomic E-state index is 12.8. The van der Waals surface area contributed by atoms with E-state index in [2.05, 4.69) is 0 Å². The minimum absolute atomic E-state index is 0.290. The van der Waals surface area contributed by atoms with E-state index in [9.17, 15) is 9.18 Å². The maximum Gasteiger partial charge on any atom is 0.310 e. The van der Waals surface area contributed by atoms with Crippen LogP contribution < -0.4 is 4.90 Å². The van der Waals surface area contributed by atoms with E-state index in [0.717, 1.165) is 5.69 Å². The summed E-state index contributed by atoms with van der Waals surface area (Å²) < 4.78 is 12.8. The molecule has 0 aliphatic carbocycles. The third kappa shape index (κ3) is 3.44. The van der Waals surface area contributed by atoms with Gasteiger partial charge in [-0.05, 0) is 45.0 Å². The van der Waals surface area contributed by atoms with Gasteiger partial charge in [-0.1, -0.05) is 0 Å².